The zero-order valence-corrected chi connectivity index (χ0v) is 15.3. The van der Waals surface area contributed by atoms with Crippen molar-refractivity contribution in [3.63, 3.8) is 0 Å². The molecule has 1 aliphatic rings. The predicted octanol–water partition coefficient (Wildman–Crippen LogP) is 3.14. The molecule has 26 heavy (non-hydrogen) atoms. The highest BCUT2D eigenvalue weighted by Gasteiger charge is 2.27. The van der Waals surface area contributed by atoms with E-state index in [0.29, 0.717) is 35.8 Å². The first kappa shape index (κ1) is 16.7. The molecule has 3 aromatic rings. The fourth-order valence-corrected chi connectivity index (χ4v) is 3.84. The Kier molecular flexibility index (Phi) is 4.00. The smallest absolute Gasteiger partial charge is 0.339 e. The molecule has 4 rings (SSSR count). The Morgan fingerprint density at radius 1 is 1.31 bits per heavy atom. The van der Waals surface area contributed by atoms with Crippen molar-refractivity contribution in [3.8, 4) is 0 Å². The number of benzene rings is 1. The van der Waals surface area contributed by atoms with Gasteiger partial charge in [0.15, 0.2) is 0 Å². The second-order valence-electron chi connectivity index (χ2n) is 6.43. The van der Waals surface area contributed by atoms with Crippen LogP contribution in [0.3, 0.4) is 0 Å². The Bertz CT molecular complexity index is 1030. The molecule has 0 aliphatic carbocycles. The number of carbonyl (C=O) groups is 2. The van der Waals surface area contributed by atoms with E-state index < -0.39 is 0 Å². The van der Waals surface area contributed by atoms with E-state index >= 15 is 0 Å². The highest BCUT2D eigenvalue weighted by Crippen LogP contribution is 2.30. The van der Waals surface area contributed by atoms with E-state index in [0.717, 1.165) is 22.2 Å². The highest BCUT2D eigenvalue weighted by atomic mass is 35.5. The molecule has 0 bridgehead atoms. The lowest BCUT2D eigenvalue weighted by molar-refractivity contribution is 0.0602. The number of fused-ring (bicyclic) bond motifs is 3. The van der Waals surface area contributed by atoms with Crippen molar-refractivity contribution in [2.45, 2.75) is 13.0 Å². The van der Waals surface area contributed by atoms with Gasteiger partial charge in [-0.2, -0.15) is 0 Å². The van der Waals surface area contributed by atoms with Crippen molar-refractivity contribution in [2.75, 3.05) is 13.7 Å². The number of H-pyrrole nitrogens is 1. The fourth-order valence-electron chi connectivity index (χ4n) is 3.59. The predicted molar refractivity (Wildman–Crippen MR) is 98.5 cm³/mol. The molecule has 7 heteroatoms. The van der Waals surface area contributed by atoms with Gasteiger partial charge in [-0.3, -0.25) is 4.79 Å². The van der Waals surface area contributed by atoms with Crippen LogP contribution < -0.4 is 0 Å². The number of rotatable bonds is 2. The lowest BCUT2D eigenvalue weighted by Gasteiger charge is -2.27. The van der Waals surface area contributed by atoms with E-state index in [-0.39, 0.29) is 11.9 Å². The van der Waals surface area contributed by atoms with Crippen molar-refractivity contribution in [1.82, 2.24) is 14.5 Å². The number of aromatic amines is 1. The molecule has 0 spiro atoms. The highest BCUT2D eigenvalue weighted by molar-refractivity contribution is 6.31. The summed E-state index contributed by atoms with van der Waals surface area (Å²) in [6.45, 7) is 1.09. The van der Waals surface area contributed by atoms with Crippen LogP contribution in [-0.2, 0) is 24.8 Å². The monoisotopic (exact) mass is 371 g/mol. The van der Waals surface area contributed by atoms with Crippen LogP contribution in [0.25, 0.3) is 10.9 Å². The Morgan fingerprint density at radius 2 is 2.12 bits per heavy atom. The zero-order valence-electron chi connectivity index (χ0n) is 14.5. The van der Waals surface area contributed by atoms with Crippen LogP contribution in [0.15, 0.2) is 30.5 Å². The number of hydrogen-bond donors (Lipinski definition) is 1. The maximum absolute atomic E-state index is 12.9. The molecule has 0 unspecified atom stereocenters. The summed E-state index contributed by atoms with van der Waals surface area (Å²) in [7, 11) is 3.18. The van der Waals surface area contributed by atoms with E-state index in [1.54, 1.807) is 22.9 Å². The third-order valence-electron chi connectivity index (χ3n) is 4.89. The molecular weight excluding hydrogens is 354 g/mol. The molecule has 1 amide bonds. The summed E-state index contributed by atoms with van der Waals surface area (Å²) in [6, 6.07) is 7.22. The van der Waals surface area contributed by atoms with Gasteiger partial charge in [0, 0.05) is 49.4 Å². The van der Waals surface area contributed by atoms with E-state index in [1.165, 1.54) is 7.11 Å². The average Bonchev–Trinajstić information content (AvgIpc) is 3.18. The van der Waals surface area contributed by atoms with Gasteiger partial charge in [-0.15, -0.1) is 0 Å². The summed E-state index contributed by atoms with van der Waals surface area (Å²) in [6.07, 6.45) is 2.42. The number of hydrogen-bond acceptors (Lipinski definition) is 3. The molecule has 1 N–H and O–H groups in total. The number of carbonyl (C=O) groups excluding carboxylic acids is 2. The van der Waals surface area contributed by atoms with Crippen LogP contribution in [0.4, 0.5) is 0 Å². The van der Waals surface area contributed by atoms with Crippen molar-refractivity contribution in [2.24, 2.45) is 7.05 Å². The number of para-hydroxylation sites is 1. The topological polar surface area (TPSA) is 67.3 Å². The van der Waals surface area contributed by atoms with Gasteiger partial charge < -0.3 is 19.2 Å². The summed E-state index contributed by atoms with van der Waals surface area (Å²) in [5, 5.41) is 1.49. The molecule has 2 aromatic heterocycles. The molecule has 1 aliphatic heterocycles. The molecular formula is C19H18ClN3O3. The Balaban J connectivity index is 1.72. The Labute approximate surface area is 155 Å². The fraction of sp³-hybridized carbons (Fsp3) is 0.263. The molecule has 0 saturated heterocycles. The van der Waals surface area contributed by atoms with Gasteiger partial charge in [-0.05, 0) is 12.1 Å². The molecule has 0 radical (unpaired) electrons. The summed E-state index contributed by atoms with van der Waals surface area (Å²) in [4.78, 5) is 30.1. The summed E-state index contributed by atoms with van der Waals surface area (Å²) < 4.78 is 6.61. The number of nitrogens with one attached hydrogen (secondary N) is 1. The van der Waals surface area contributed by atoms with E-state index in [2.05, 4.69) is 4.98 Å². The SMILES string of the molecule is COC(=O)c1cccc2c3c([nH]c12)CCN(C(=O)c1cc(Cl)cn1C)C3. The standard InChI is InChI=1S/C19H18ClN3O3/c1-22-9-11(20)8-16(22)18(24)23-7-6-15-14(10-23)12-4-3-5-13(17(12)21-15)19(25)26-2/h3-5,8-9,21H,6-7,10H2,1-2H3. The van der Waals surface area contributed by atoms with Gasteiger partial charge >= 0.3 is 5.97 Å². The molecule has 3 heterocycles. The first-order chi connectivity index (χ1) is 12.5. The third-order valence-corrected chi connectivity index (χ3v) is 5.10. The van der Waals surface area contributed by atoms with Crippen molar-refractivity contribution >= 4 is 34.4 Å². The van der Waals surface area contributed by atoms with Crippen LogP contribution in [0.2, 0.25) is 5.02 Å². The minimum atomic E-state index is -0.374. The first-order valence-electron chi connectivity index (χ1n) is 8.31. The van der Waals surface area contributed by atoms with Crippen LogP contribution in [0, 0.1) is 0 Å². The van der Waals surface area contributed by atoms with Gasteiger partial charge in [0.25, 0.3) is 5.91 Å². The molecule has 6 nitrogen and oxygen atoms in total. The number of ether oxygens (including phenoxy) is 1. The van der Waals surface area contributed by atoms with Gasteiger partial charge in [-0.25, -0.2) is 4.79 Å². The summed E-state index contributed by atoms with van der Waals surface area (Å²) >= 11 is 6.01. The zero-order chi connectivity index (χ0) is 18.4. The van der Waals surface area contributed by atoms with Crippen molar-refractivity contribution < 1.29 is 14.3 Å². The quantitative estimate of drug-likeness (QED) is 0.704. The van der Waals surface area contributed by atoms with E-state index in [4.69, 9.17) is 16.3 Å². The number of amides is 1. The summed E-state index contributed by atoms with van der Waals surface area (Å²) in [5.74, 6) is -0.427. The van der Waals surface area contributed by atoms with Crippen LogP contribution in [0.5, 0.6) is 0 Å². The minimum Gasteiger partial charge on any atom is -0.465 e. The lowest BCUT2D eigenvalue weighted by atomic mass is 10.0. The lowest BCUT2D eigenvalue weighted by Crippen LogP contribution is -2.36. The second kappa shape index (κ2) is 6.21. The summed E-state index contributed by atoms with van der Waals surface area (Å²) in [5.41, 5.74) is 3.94. The van der Waals surface area contributed by atoms with Gasteiger partial charge in [0.05, 0.1) is 23.2 Å². The number of esters is 1. The van der Waals surface area contributed by atoms with E-state index in [9.17, 15) is 9.59 Å². The normalized spacial score (nSPS) is 13.7. The van der Waals surface area contributed by atoms with Gasteiger partial charge in [0.2, 0.25) is 0 Å². The van der Waals surface area contributed by atoms with Crippen LogP contribution in [0.1, 0.15) is 32.1 Å². The maximum atomic E-state index is 12.9. The third kappa shape index (κ3) is 2.57. The second-order valence-corrected chi connectivity index (χ2v) is 6.87. The van der Waals surface area contributed by atoms with Gasteiger partial charge in [0.1, 0.15) is 5.69 Å². The molecule has 134 valence electrons. The number of methoxy groups -OCH3 is 1. The first-order valence-corrected chi connectivity index (χ1v) is 8.69. The average molecular weight is 372 g/mol. The number of nitrogens with zero attached hydrogens (tertiary/aromatic N) is 2. The Hall–Kier alpha value is -2.73. The van der Waals surface area contributed by atoms with Gasteiger partial charge in [-0.1, -0.05) is 23.7 Å². The van der Waals surface area contributed by atoms with Crippen molar-refractivity contribution in [3.05, 3.63) is 58.0 Å². The Morgan fingerprint density at radius 3 is 2.81 bits per heavy atom. The van der Waals surface area contributed by atoms with Crippen LogP contribution >= 0.6 is 11.6 Å². The van der Waals surface area contributed by atoms with Crippen LogP contribution in [-0.4, -0.2) is 40.0 Å². The van der Waals surface area contributed by atoms with Crippen molar-refractivity contribution in [1.29, 1.82) is 0 Å². The number of aromatic nitrogens is 2. The number of halogens is 1. The molecule has 0 fully saturated rings. The molecule has 1 aromatic carbocycles. The molecule has 0 atom stereocenters. The number of aryl methyl sites for hydroxylation is 1. The minimum absolute atomic E-state index is 0.0523. The molecule has 0 saturated carbocycles. The maximum Gasteiger partial charge on any atom is 0.339 e. The van der Waals surface area contributed by atoms with E-state index in [1.807, 2.05) is 24.1 Å². The largest absolute Gasteiger partial charge is 0.465 e.